The van der Waals surface area contributed by atoms with Crippen molar-refractivity contribution in [2.45, 2.75) is 40.0 Å². The van der Waals surface area contributed by atoms with Gasteiger partial charge in [0.1, 0.15) is 5.82 Å². The normalized spacial score (nSPS) is 18.8. The van der Waals surface area contributed by atoms with E-state index in [1.165, 1.54) is 6.42 Å². The number of carbonyl (C=O) groups excluding carboxylic acids is 2. The Bertz CT molecular complexity index is 1630. The van der Waals surface area contributed by atoms with Gasteiger partial charge in [0.2, 0.25) is 0 Å². The summed E-state index contributed by atoms with van der Waals surface area (Å²) in [7, 11) is 0. The Morgan fingerprint density at radius 2 is 1.80 bits per heavy atom. The Morgan fingerprint density at radius 3 is 2.55 bits per heavy atom. The smallest absolute Gasteiger partial charge is 0.321 e. The first-order chi connectivity index (χ1) is 21.4. The number of nitrogens with one attached hydrogen (secondary N) is 2. The zero-order valence-corrected chi connectivity index (χ0v) is 25.8. The van der Waals surface area contributed by atoms with Crippen molar-refractivity contribution >= 4 is 34.8 Å². The molecule has 0 spiro atoms. The molecule has 4 aromatic rings. The van der Waals surface area contributed by atoms with Gasteiger partial charge in [-0.05, 0) is 60.6 Å². The molecule has 0 bridgehead atoms. The number of imidazole rings is 1. The summed E-state index contributed by atoms with van der Waals surface area (Å²) in [4.78, 5) is 39.0. The second-order valence-corrected chi connectivity index (χ2v) is 11.7. The fourth-order valence-corrected chi connectivity index (χ4v) is 6.50. The zero-order chi connectivity index (χ0) is 30.6. The lowest BCUT2D eigenvalue weighted by molar-refractivity contribution is 0.0302. The molecule has 2 saturated heterocycles. The van der Waals surface area contributed by atoms with E-state index in [1.807, 2.05) is 52.9 Å². The van der Waals surface area contributed by atoms with Crippen molar-refractivity contribution < 1.29 is 14.3 Å². The van der Waals surface area contributed by atoms with Gasteiger partial charge < -0.3 is 29.6 Å². The molecule has 2 N–H and O–H groups in total. The number of anilines is 3. The van der Waals surface area contributed by atoms with Gasteiger partial charge >= 0.3 is 6.03 Å². The maximum Gasteiger partial charge on any atom is 0.321 e. The van der Waals surface area contributed by atoms with Crippen molar-refractivity contribution in [3.8, 4) is 11.1 Å². The summed E-state index contributed by atoms with van der Waals surface area (Å²) in [5.74, 6) is 1.82. The van der Waals surface area contributed by atoms with Crippen molar-refractivity contribution in [3.63, 3.8) is 0 Å². The number of nitrogens with zero attached hydrogens (tertiary/aromatic N) is 5. The van der Waals surface area contributed by atoms with Crippen LogP contribution in [0, 0.1) is 18.8 Å². The molecule has 10 nitrogen and oxygen atoms in total. The fourth-order valence-electron chi connectivity index (χ4n) is 6.50. The Kier molecular flexibility index (Phi) is 8.79. The number of rotatable bonds is 7. The maximum absolute atomic E-state index is 13.3. The molecule has 1 unspecified atom stereocenters. The highest BCUT2D eigenvalue weighted by molar-refractivity contribution is 5.94. The number of amides is 3. The van der Waals surface area contributed by atoms with Crippen LogP contribution in [0.1, 0.15) is 49.0 Å². The number of fused-ring (bicyclic) bond motifs is 1. The highest BCUT2D eigenvalue weighted by Crippen LogP contribution is 2.33. The van der Waals surface area contributed by atoms with Crippen LogP contribution in [0.4, 0.5) is 22.0 Å². The van der Waals surface area contributed by atoms with Gasteiger partial charge in [0.15, 0.2) is 5.65 Å². The number of urea groups is 1. The number of pyridine rings is 2. The summed E-state index contributed by atoms with van der Waals surface area (Å²) < 4.78 is 7.34. The Hall–Kier alpha value is -4.44. The van der Waals surface area contributed by atoms with Crippen LogP contribution >= 0.6 is 0 Å². The second kappa shape index (κ2) is 13.1. The number of hydrogen-bond acceptors (Lipinski definition) is 6. The average Bonchev–Trinajstić information content (AvgIpc) is 3.55. The zero-order valence-electron chi connectivity index (χ0n) is 25.8. The van der Waals surface area contributed by atoms with Crippen molar-refractivity contribution in [1.29, 1.82) is 0 Å². The molecule has 2 aliphatic rings. The molecule has 6 rings (SSSR count). The molecule has 44 heavy (non-hydrogen) atoms. The molecule has 0 radical (unpaired) electrons. The van der Waals surface area contributed by atoms with Gasteiger partial charge in [-0.25, -0.2) is 14.8 Å². The van der Waals surface area contributed by atoms with E-state index in [0.717, 1.165) is 59.6 Å². The Labute approximate surface area is 258 Å². The standard InChI is InChI=1S/C34H41N7O3/c1-4-24-11-13-41(21-25(24)5-2)34(43)38-29-8-6-7-28(23(29)3)27-19-30(32-35-12-14-40(32)22-27)37-31-10-9-26(20-36-31)33(42)39-15-17-44-18-16-39/h6-10,12,14,19-20,22,24-25H,4-5,11,13,15-18,21H2,1-3H3,(H,36,37)(H,38,43)/t24?,25-/m1/s1. The first-order valence-corrected chi connectivity index (χ1v) is 15.7. The van der Waals surface area contributed by atoms with Gasteiger partial charge in [0.05, 0.1) is 24.5 Å². The predicted octanol–water partition coefficient (Wildman–Crippen LogP) is 6.21. The van der Waals surface area contributed by atoms with Crippen LogP contribution in [-0.4, -0.2) is 75.5 Å². The number of likely N-dealkylation sites (tertiary alicyclic amines) is 1. The number of benzene rings is 1. The molecule has 230 valence electrons. The summed E-state index contributed by atoms with van der Waals surface area (Å²) in [5.41, 5.74) is 5.87. The third kappa shape index (κ3) is 6.12. The van der Waals surface area contributed by atoms with Crippen LogP contribution in [0.15, 0.2) is 61.2 Å². The van der Waals surface area contributed by atoms with E-state index in [4.69, 9.17) is 4.74 Å². The van der Waals surface area contributed by atoms with E-state index in [-0.39, 0.29) is 11.9 Å². The Morgan fingerprint density at radius 1 is 0.977 bits per heavy atom. The van der Waals surface area contributed by atoms with E-state index in [0.29, 0.717) is 49.5 Å². The number of aromatic nitrogens is 3. The molecule has 0 saturated carbocycles. The SMILES string of the molecule is CCC1CCN(C(=O)Nc2cccc(-c3cc(Nc4ccc(C(=O)N5CCOCC5)cn4)c4nccn4c3)c2C)C[C@H]1CC. The first kappa shape index (κ1) is 29.6. The number of ether oxygens (including phenoxy) is 1. The largest absolute Gasteiger partial charge is 0.378 e. The van der Waals surface area contributed by atoms with E-state index in [9.17, 15) is 9.59 Å². The van der Waals surface area contributed by atoms with Gasteiger partial charge in [0.25, 0.3) is 5.91 Å². The quantitative estimate of drug-likeness (QED) is 0.263. The monoisotopic (exact) mass is 595 g/mol. The van der Waals surface area contributed by atoms with Gasteiger partial charge in [-0.2, -0.15) is 0 Å². The fraction of sp³-hybridized carbons (Fsp3) is 0.412. The minimum absolute atomic E-state index is 0.0349. The highest BCUT2D eigenvalue weighted by atomic mass is 16.5. The van der Waals surface area contributed by atoms with E-state index < -0.39 is 0 Å². The molecule has 2 fully saturated rings. The average molecular weight is 596 g/mol. The predicted molar refractivity (Wildman–Crippen MR) is 172 cm³/mol. The van der Waals surface area contributed by atoms with Gasteiger partial charge in [-0.15, -0.1) is 0 Å². The molecule has 2 atom stereocenters. The molecular weight excluding hydrogens is 554 g/mol. The first-order valence-electron chi connectivity index (χ1n) is 15.7. The summed E-state index contributed by atoms with van der Waals surface area (Å²) >= 11 is 0. The summed E-state index contributed by atoms with van der Waals surface area (Å²) in [6.45, 7) is 10.4. The third-order valence-corrected chi connectivity index (χ3v) is 9.17. The van der Waals surface area contributed by atoms with Crippen LogP contribution in [0.2, 0.25) is 0 Å². The minimum atomic E-state index is -0.0388. The molecule has 3 aromatic heterocycles. The molecule has 1 aromatic carbocycles. The lowest BCUT2D eigenvalue weighted by Crippen LogP contribution is -2.45. The maximum atomic E-state index is 13.3. The number of piperidine rings is 1. The second-order valence-electron chi connectivity index (χ2n) is 11.7. The molecular formula is C34H41N7O3. The van der Waals surface area contributed by atoms with E-state index in [2.05, 4.69) is 40.5 Å². The van der Waals surface area contributed by atoms with Crippen LogP contribution in [0.5, 0.6) is 0 Å². The van der Waals surface area contributed by atoms with Crippen molar-refractivity contribution in [2.24, 2.45) is 11.8 Å². The van der Waals surface area contributed by atoms with Crippen molar-refractivity contribution in [3.05, 3.63) is 72.3 Å². The van der Waals surface area contributed by atoms with Crippen LogP contribution in [-0.2, 0) is 4.74 Å². The topological polar surface area (TPSA) is 104 Å². The van der Waals surface area contributed by atoms with Crippen LogP contribution < -0.4 is 10.6 Å². The molecule has 2 aliphatic heterocycles. The van der Waals surface area contributed by atoms with Gasteiger partial charge in [-0.1, -0.05) is 38.8 Å². The lowest BCUT2D eigenvalue weighted by Gasteiger charge is -2.38. The summed E-state index contributed by atoms with van der Waals surface area (Å²) in [5, 5.41) is 6.60. The number of hydrogen-bond donors (Lipinski definition) is 2. The Balaban J connectivity index is 1.22. The lowest BCUT2D eigenvalue weighted by atomic mass is 9.82. The molecule has 3 amide bonds. The summed E-state index contributed by atoms with van der Waals surface area (Å²) in [6.07, 6.45) is 10.6. The van der Waals surface area contributed by atoms with Gasteiger partial charge in [0, 0.05) is 62.2 Å². The van der Waals surface area contributed by atoms with Crippen molar-refractivity contribution in [2.75, 3.05) is 50.0 Å². The van der Waals surface area contributed by atoms with Gasteiger partial charge in [-0.3, -0.25) is 4.79 Å². The molecule has 0 aliphatic carbocycles. The number of morpholine rings is 1. The molecule has 10 heteroatoms. The van der Waals surface area contributed by atoms with E-state index in [1.54, 1.807) is 23.4 Å². The van der Waals surface area contributed by atoms with Crippen molar-refractivity contribution in [1.82, 2.24) is 24.2 Å². The van der Waals surface area contributed by atoms with Crippen LogP contribution in [0.25, 0.3) is 16.8 Å². The van der Waals surface area contributed by atoms with Crippen LogP contribution in [0.3, 0.4) is 0 Å². The minimum Gasteiger partial charge on any atom is -0.378 e. The summed E-state index contributed by atoms with van der Waals surface area (Å²) in [6, 6.07) is 11.6. The van der Waals surface area contributed by atoms with E-state index >= 15 is 0 Å². The highest BCUT2D eigenvalue weighted by Gasteiger charge is 2.29. The number of carbonyl (C=O) groups is 2. The third-order valence-electron chi connectivity index (χ3n) is 9.17. The molecule has 5 heterocycles.